The van der Waals surface area contributed by atoms with Crippen LogP contribution in [0.5, 0.6) is 0 Å². The largest absolute Gasteiger partial charge is 3.00 e. The van der Waals surface area contributed by atoms with Crippen molar-refractivity contribution in [3.05, 3.63) is 121 Å². The normalized spacial score (nSPS) is 9.90. The number of hydrogen-bond acceptors (Lipinski definition) is 1. The Balaban J connectivity index is 0.000000153. The van der Waals surface area contributed by atoms with Crippen molar-refractivity contribution in [2.24, 2.45) is 0 Å². The first kappa shape index (κ1) is 22.8. The summed E-state index contributed by atoms with van der Waals surface area (Å²) in [5.74, 6) is 0. The van der Waals surface area contributed by atoms with Crippen LogP contribution in [0.4, 0.5) is 0 Å². The van der Waals surface area contributed by atoms with Gasteiger partial charge in [0.25, 0.3) is 0 Å². The van der Waals surface area contributed by atoms with E-state index in [0.717, 1.165) is 6.54 Å². The van der Waals surface area contributed by atoms with E-state index in [2.05, 4.69) is 116 Å². The molecule has 1 radical (unpaired) electrons. The van der Waals surface area contributed by atoms with E-state index >= 15 is 0 Å². The average molecular weight is 412 g/mol. The van der Waals surface area contributed by atoms with Crippen molar-refractivity contribution in [2.45, 2.75) is 6.54 Å². The van der Waals surface area contributed by atoms with E-state index < -0.39 is 0 Å². The second kappa shape index (κ2) is 12.2. The van der Waals surface area contributed by atoms with E-state index in [1.807, 2.05) is 18.2 Å². The van der Waals surface area contributed by atoms with E-state index in [1.54, 1.807) is 0 Å². The maximum atomic E-state index is 3.04. The van der Waals surface area contributed by atoms with Crippen LogP contribution in [0.1, 0.15) is 5.56 Å². The summed E-state index contributed by atoms with van der Waals surface area (Å²) in [6.45, 7) is 0.997. The molecule has 0 heterocycles. The monoisotopic (exact) mass is 412 g/mol. The van der Waals surface area contributed by atoms with Crippen molar-refractivity contribution < 1.29 is 21.7 Å². The van der Waals surface area contributed by atoms with Crippen LogP contribution in [-0.2, 0) is 28.3 Å². The summed E-state index contributed by atoms with van der Waals surface area (Å²) in [5, 5.41) is 5.32. The van der Waals surface area contributed by atoms with Gasteiger partial charge < -0.3 is 4.90 Å². The molecule has 0 spiro atoms. The van der Waals surface area contributed by atoms with Crippen LogP contribution in [0.2, 0.25) is 0 Å². The van der Waals surface area contributed by atoms with Crippen molar-refractivity contribution >= 4 is 21.5 Å². The molecule has 0 saturated heterocycles. The quantitative estimate of drug-likeness (QED) is 0.231. The zero-order valence-corrected chi connectivity index (χ0v) is 18.6. The molecule has 0 atom stereocenters. The van der Waals surface area contributed by atoms with Gasteiger partial charge in [-0.15, -0.1) is 64.9 Å². The number of hydrogen-bond donors (Lipinski definition) is 0. The molecule has 0 aliphatic rings. The fraction of sp³-hybridized carbons (Fsp3) is 0.111. The van der Waals surface area contributed by atoms with Crippen molar-refractivity contribution in [1.82, 2.24) is 4.90 Å². The second-order valence-corrected chi connectivity index (χ2v) is 6.96. The van der Waals surface area contributed by atoms with Gasteiger partial charge in [-0.1, -0.05) is 12.1 Å². The topological polar surface area (TPSA) is 3.24 Å². The molecule has 143 valence electrons. The van der Waals surface area contributed by atoms with Crippen LogP contribution in [0.25, 0.3) is 21.5 Å². The van der Waals surface area contributed by atoms with Gasteiger partial charge in [-0.25, -0.2) is 0 Å². The zero-order valence-electron chi connectivity index (χ0n) is 17.0. The fourth-order valence-corrected chi connectivity index (χ4v) is 3.03. The summed E-state index contributed by atoms with van der Waals surface area (Å²) in [5.41, 5.74) is 1.31. The van der Waals surface area contributed by atoms with E-state index in [-0.39, 0.29) is 21.7 Å². The Hall–Kier alpha value is -2.45. The van der Waals surface area contributed by atoms with Crippen LogP contribution < -0.4 is 0 Å². The van der Waals surface area contributed by atoms with E-state index in [0.29, 0.717) is 0 Å². The number of fused-ring (bicyclic) bond motifs is 2. The Morgan fingerprint density at radius 2 is 1.28 bits per heavy atom. The van der Waals surface area contributed by atoms with Gasteiger partial charge in [-0.05, 0) is 20.6 Å². The Labute approximate surface area is 189 Å². The minimum Gasteiger partial charge on any atom is -0.316 e. The summed E-state index contributed by atoms with van der Waals surface area (Å²) in [6, 6.07) is 40.4. The predicted molar refractivity (Wildman–Crippen MR) is 122 cm³/mol. The molecule has 0 aliphatic heterocycles. The van der Waals surface area contributed by atoms with E-state index in [4.69, 9.17) is 0 Å². The third kappa shape index (κ3) is 7.47. The Kier molecular flexibility index (Phi) is 9.60. The molecular weight excluding hydrogens is 386 g/mol. The molecule has 0 amide bonds. The third-order valence-electron chi connectivity index (χ3n) is 4.37. The smallest absolute Gasteiger partial charge is 0.316 e. The number of nitrogens with zero attached hydrogens (tertiary/aromatic N) is 1. The van der Waals surface area contributed by atoms with Crippen molar-refractivity contribution in [1.29, 1.82) is 0 Å². The predicted octanol–water partition coefficient (Wildman–Crippen LogP) is 6.66. The number of benzene rings is 3. The van der Waals surface area contributed by atoms with Crippen molar-refractivity contribution in [2.75, 3.05) is 14.1 Å². The molecule has 0 unspecified atom stereocenters. The molecule has 5 aromatic carbocycles. The minimum atomic E-state index is 0. The molecule has 0 bridgehead atoms. The Morgan fingerprint density at radius 3 is 1.72 bits per heavy atom. The summed E-state index contributed by atoms with van der Waals surface area (Å²) in [6.07, 6.45) is 0. The zero-order chi connectivity index (χ0) is 19.6. The first-order chi connectivity index (χ1) is 13.7. The fourth-order valence-electron chi connectivity index (χ4n) is 3.03. The second-order valence-electron chi connectivity index (χ2n) is 6.96. The van der Waals surface area contributed by atoms with Crippen LogP contribution in [0.15, 0.2) is 109 Å². The molecule has 0 aromatic heterocycles. The first-order valence-electron chi connectivity index (χ1n) is 9.53. The molecule has 0 aliphatic carbocycles. The van der Waals surface area contributed by atoms with Crippen LogP contribution in [-0.4, -0.2) is 19.0 Å². The maximum Gasteiger partial charge on any atom is 3.00 e. The molecule has 0 saturated carbocycles. The maximum absolute atomic E-state index is 3.04. The molecule has 5 aromatic rings. The molecule has 2 heteroatoms. The molecule has 1 nitrogen and oxygen atoms in total. The average Bonchev–Trinajstić information content (AvgIpc) is 3.38. The Bertz CT molecular complexity index is 947. The summed E-state index contributed by atoms with van der Waals surface area (Å²) in [4.78, 5) is 2.14. The minimum absolute atomic E-state index is 0. The SMILES string of the molecule is CN(C)Cc1c[c-]ccc1.[Ti+3].c1ccc2[cH-]ccc2c1.c1ccc2[cH-]ccc2c1. The summed E-state index contributed by atoms with van der Waals surface area (Å²) < 4.78 is 0. The van der Waals surface area contributed by atoms with Crippen molar-refractivity contribution in [3.63, 3.8) is 0 Å². The van der Waals surface area contributed by atoms with E-state index in [9.17, 15) is 0 Å². The number of rotatable bonds is 2. The first-order valence-corrected chi connectivity index (χ1v) is 9.53. The molecule has 5 rings (SSSR count). The standard InChI is InChI=1S/C9H12N.2C9H7.Ti/c1-10(2)8-9-6-4-3-5-7-9;2*1-2-5-9-7-3-6-8(9)4-1;/h3-4,6-7H,8H2,1-2H3;2*1-7H;/q3*-1;+3. The molecule has 0 fully saturated rings. The van der Waals surface area contributed by atoms with Crippen molar-refractivity contribution in [3.8, 4) is 0 Å². The molecule has 0 N–H and O–H groups in total. The van der Waals surface area contributed by atoms with E-state index in [1.165, 1.54) is 27.1 Å². The molecular formula is C27H26NTi. The van der Waals surface area contributed by atoms with Crippen LogP contribution in [0.3, 0.4) is 0 Å². The van der Waals surface area contributed by atoms with Gasteiger partial charge in [-0.3, -0.25) is 0 Å². The van der Waals surface area contributed by atoms with Gasteiger partial charge in [0.2, 0.25) is 0 Å². The van der Waals surface area contributed by atoms with Gasteiger partial charge >= 0.3 is 21.7 Å². The third-order valence-corrected chi connectivity index (χ3v) is 4.37. The van der Waals surface area contributed by atoms with Crippen LogP contribution >= 0.6 is 0 Å². The van der Waals surface area contributed by atoms with Gasteiger partial charge in [0.1, 0.15) is 0 Å². The van der Waals surface area contributed by atoms with Gasteiger partial charge in [0.05, 0.1) is 0 Å². The molecule has 29 heavy (non-hydrogen) atoms. The van der Waals surface area contributed by atoms with Crippen LogP contribution in [0, 0.1) is 6.07 Å². The van der Waals surface area contributed by atoms with Gasteiger partial charge in [0, 0.05) is 0 Å². The Morgan fingerprint density at radius 1 is 0.724 bits per heavy atom. The van der Waals surface area contributed by atoms with Gasteiger partial charge in [0.15, 0.2) is 0 Å². The summed E-state index contributed by atoms with van der Waals surface area (Å²) in [7, 11) is 4.12. The summed E-state index contributed by atoms with van der Waals surface area (Å²) >= 11 is 0. The van der Waals surface area contributed by atoms with Gasteiger partial charge in [-0.2, -0.15) is 65.4 Å².